The van der Waals surface area contributed by atoms with E-state index < -0.39 is 74.1 Å². The molecule has 0 atom stereocenters. The molecule has 20 aromatic heterocycles. The number of halogens is 10. The van der Waals surface area contributed by atoms with Crippen molar-refractivity contribution < 1.29 is 155 Å². The van der Waals surface area contributed by atoms with Crippen molar-refractivity contribution >= 4 is 5.69 Å². The smallest absolute Gasteiger partial charge is 0.357 e. The van der Waals surface area contributed by atoms with Crippen LogP contribution in [0.1, 0.15) is 159 Å². The number of aryl methyl sites for hydroxylation is 2. The van der Waals surface area contributed by atoms with Gasteiger partial charge in [-0.25, -0.2) is 24.1 Å². The Morgan fingerprint density at radius 1 is 0.297 bits per heavy atom. The molecule has 0 N–H and O–H groups in total. The predicted octanol–water partition coefficient (Wildman–Crippen LogP) is 17.5. The summed E-state index contributed by atoms with van der Waals surface area (Å²) in [6.07, 6.45) is 24.1. The molecule has 0 fully saturated rings. The van der Waals surface area contributed by atoms with Gasteiger partial charge in [0.05, 0.1) is 76.4 Å². The summed E-state index contributed by atoms with van der Waals surface area (Å²) in [5, 5.41) is 47.9. The van der Waals surface area contributed by atoms with Crippen molar-refractivity contribution in [2.24, 2.45) is 0 Å². The second kappa shape index (κ2) is 47.4. The maximum absolute atomic E-state index is 13.2. The molecule has 0 amide bonds. The van der Waals surface area contributed by atoms with E-state index in [4.69, 9.17) is 37.3 Å². The van der Waals surface area contributed by atoms with Crippen LogP contribution in [0.15, 0.2) is 244 Å². The van der Waals surface area contributed by atoms with Crippen LogP contribution < -0.4 is 0 Å². The molecule has 0 unspecified atom stereocenters. The Kier molecular flexibility index (Phi) is 34.5. The van der Waals surface area contributed by atoms with Crippen LogP contribution in [0.2, 0.25) is 0 Å². The third kappa shape index (κ3) is 25.9. The van der Waals surface area contributed by atoms with Crippen LogP contribution >= 0.6 is 0 Å². The Hall–Kier alpha value is -14.7. The van der Waals surface area contributed by atoms with Gasteiger partial charge >= 0.3 is 118 Å². The first-order chi connectivity index (χ1) is 69.8. The number of nitrogens with zero attached hydrogens (tertiary/aromatic N) is 32. The van der Waals surface area contributed by atoms with Gasteiger partial charge in [0, 0.05) is 86.8 Å². The van der Waals surface area contributed by atoms with Crippen molar-refractivity contribution in [3.05, 3.63) is 425 Å². The van der Waals surface area contributed by atoms with Gasteiger partial charge in [0.15, 0.2) is 11.9 Å². The van der Waals surface area contributed by atoms with Gasteiger partial charge in [-0.2, -0.15) is 26.3 Å². The summed E-state index contributed by atoms with van der Waals surface area (Å²) in [7, 11) is 0. The molecule has 20 heterocycles. The summed E-state index contributed by atoms with van der Waals surface area (Å²) in [5.41, 5.74) is 4.17. The first-order valence-corrected chi connectivity index (χ1v) is 42.9. The fraction of sp³-hybridized carbons (Fsp3) is 0.188. The van der Waals surface area contributed by atoms with Crippen molar-refractivity contribution in [3.8, 4) is 64.2 Å². The van der Waals surface area contributed by atoms with Crippen molar-refractivity contribution in [1.82, 2.24) is 148 Å². The maximum atomic E-state index is 13.2. The normalized spacial score (nSPS) is 11.8. The number of nitriles is 1. The van der Waals surface area contributed by atoms with E-state index in [1.54, 1.807) is 102 Å². The number of rotatable bonds is 20. The fourth-order valence-electron chi connectivity index (χ4n) is 13.9. The van der Waals surface area contributed by atoms with E-state index in [2.05, 4.69) is 162 Å². The monoisotopic (exact) mass is 2910 g/mol. The Balaban J connectivity index is 0.000000179. The molecule has 0 aliphatic carbocycles. The van der Waals surface area contributed by atoms with E-state index in [0.29, 0.717) is 81.1 Å². The topological polar surface area (TPSA) is 335 Å². The third-order valence-electron chi connectivity index (χ3n) is 22.1. The van der Waals surface area contributed by atoms with E-state index in [1.165, 1.54) is 55.4 Å². The first-order valence-electron chi connectivity index (χ1n) is 44.9. The summed E-state index contributed by atoms with van der Waals surface area (Å²) >= 11 is 0. The van der Waals surface area contributed by atoms with Crippen LogP contribution in [0, 0.1) is 117 Å². The Bertz CT molecular complexity index is 7560. The zero-order chi connectivity index (χ0) is 105. The largest absolute Gasteiger partial charge is 2.00 e. The predicted molar refractivity (Wildman–Crippen MR) is 493 cm³/mol. The number of aromatic nitrogens is 30. The maximum Gasteiger partial charge on any atom is 2.00 e. The van der Waals surface area contributed by atoms with Crippen molar-refractivity contribution in [2.75, 3.05) is 0 Å². The molecule has 0 bridgehead atoms. The van der Waals surface area contributed by atoms with Gasteiger partial charge in [0.1, 0.15) is 5.69 Å². The standard InChI is InChI=1S/C21H14F6N6.C21H14N8.C21H20N6.C19H12F4N6.C19H16N6.5Pt/c1-19(2,15-5-3-7-17(30-15)32-11-13(9-28-32)20(22,23)24)16-6-4-8-18(31-16)33-12-14(10-29-33)21(25,26)27;1-21(2,17-6-4-8-19(26-17)28-13-15(10-22)11-24-28)18-7-5-9-20(27-18)29-14-16(23-3)12-25-29;1-15-11-22-26(13-15)19-9-5-7-17(24-19)21(3,4)18-8-6-10-20(25-18)27-14-16(2)12-23-27;1-19(2,13-5-3-7-15(24-13)28-9-11(20)17(22)26-28)14-6-4-8-16(25-14)29-10-12(21)18(23)27-29;1-19(2,15-7-3-9-17(22-15)24-13-5-11-20-24)16-8-4-10-18(23-16)25-14-6-12-21-25;;;;;/h3-10H,1-2H3;4-9,11-12H,1-2H3;5-12H,1-4H3;3-8H,1-2H3;3-12H,1-2H3;;;;;/q5*-2;5*+2/i;;;;5D,6D,11D,12D;;;;;. The number of hydrogen-bond acceptors (Lipinski definition) is 21. The molecule has 0 aliphatic heterocycles. The van der Waals surface area contributed by atoms with E-state index in [1.807, 2.05) is 152 Å². The second-order valence-corrected chi connectivity index (χ2v) is 33.9. The van der Waals surface area contributed by atoms with Gasteiger partial charge in [-0.05, 0) is 211 Å². The molecule has 148 heavy (non-hydrogen) atoms. The van der Waals surface area contributed by atoms with Crippen molar-refractivity contribution in [1.29, 1.82) is 5.26 Å². The molecule has 0 saturated heterocycles. The van der Waals surface area contributed by atoms with Gasteiger partial charge < -0.3 is 46.8 Å². The van der Waals surface area contributed by atoms with Gasteiger partial charge in [-0.1, -0.05) is 191 Å². The molecule has 0 radical (unpaired) electrons. The molecular formula is C101H76F10N32Pt5. The van der Waals surface area contributed by atoms with Gasteiger partial charge in [-0.3, -0.25) is 104 Å². The summed E-state index contributed by atoms with van der Waals surface area (Å²) < 4.78 is 173. The zero-order valence-corrected chi connectivity index (χ0v) is 90.3. The second-order valence-electron chi connectivity index (χ2n) is 33.9. The van der Waals surface area contributed by atoms with E-state index in [-0.39, 0.29) is 153 Å². The van der Waals surface area contributed by atoms with Crippen LogP contribution in [0.25, 0.3) is 63.0 Å². The van der Waals surface area contributed by atoms with Crippen LogP contribution in [-0.4, -0.2) is 148 Å². The minimum atomic E-state index is -4.59. The van der Waals surface area contributed by atoms with Crippen LogP contribution in [0.4, 0.5) is 49.6 Å². The van der Waals surface area contributed by atoms with Crippen LogP contribution in [0.3, 0.4) is 0 Å². The first kappa shape index (κ1) is 108. The average molecular weight is 2910 g/mol. The Morgan fingerprint density at radius 3 is 0.730 bits per heavy atom. The molecule has 20 aromatic rings. The zero-order valence-electron chi connectivity index (χ0n) is 83.0. The summed E-state index contributed by atoms with van der Waals surface area (Å²) in [5.74, 6) is -0.891. The summed E-state index contributed by atoms with van der Waals surface area (Å²) in [6.45, 7) is 30.4. The molecule has 0 aromatic carbocycles. The Morgan fingerprint density at radius 2 is 0.527 bits per heavy atom. The van der Waals surface area contributed by atoms with Gasteiger partial charge in [0.25, 0.3) is 0 Å². The Labute approximate surface area is 918 Å². The van der Waals surface area contributed by atoms with Crippen molar-refractivity contribution in [2.45, 2.75) is 123 Å². The molecular weight excluding hydrogens is 2830 g/mol. The van der Waals surface area contributed by atoms with E-state index in [0.717, 1.165) is 64.3 Å². The van der Waals surface area contributed by atoms with Gasteiger partial charge in [0.2, 0.25) is 0 Å². The molecule has 20 rings (SSSR count). The number of alkyl halides is 6. The molecule has 0 saturated carbocycles. The molecule has 32 nitrogen and oxygen atoms in total. The SMILES string of the molecule is CC(C)(c1cccc(-n2[c-]c(C(F)(F)F)cn2)n1)c1cccc(-n2[c-]c(C(F)(F)F)cn2)n1.CC(C)(c1cccc(-n2[c-]c(F)c(F)n2)n1)c1cccc(-n2[c-]c(F)c(F)n2)n1.Cc1[c-]n(-c2cccc(C(C)(C)c3cccc(-n4[c-]c(C)cn4)n3)n2)nc1.[2H]c1[c-]n(-c2cccc(C(C)(C)c3cccc(-n4[c-]c([2H])c([2H])n4)n3)n2)nc1[2H].[C-]#[N+]c1[c-]n(-c2cccc(C(C)(C)c3cccc(-n4[c-]c(C#N)cn4)n3)n2)nc1.[Pt+2].[Pt+2].[Pt+2].[Pt+2].[Pt+2]. The number of pyridine rings is 10. The summed E-state index contributed by atoms with van der Waals surface area (Å²) in [6, 6.07) is 55.0. The minimum Gasteiger partial charge on any atom is -0.357 e. The average Bonchev–Trinajstić information content (AvgIpc) is 0.900. The quantitative estimate of drug-likeness (QED) is 0.0505. The van der Waals surface area contributed by atoms with Gasteiger partial charge in [-0.15, -0.1) is 23.2 Å². The van der Waals surface area contributed by atoms with Crippen molar-refractivity contribution in [3.63, 3.8) is 0 Å². The van der Waals surface area contributed by atoms with Crippen LogP contribution in [0.5, 0.6) is 0 Å². The van der Waals surface area contributed by atoms with E-state index >= 15 is 0 Å². The molecule has 760 valence electrons. The van der Waals surface area contributed by atoms with E-state index in [9.17, 15) is 43.9 Å². The molecule has 0 spiro atoms. The minimum absolute atomic E-state index is 0. The fourth-order valence-corrected chi connectivity index (χ4v) is 13.9. The molecule has 0 aliphatic rings. The molecule has 47 heteroatoms. The summed E-state index contributed by atoms with van der Waals surface area (Å²) in [4.78, 5) is 49.3. The third-order valence-corrected chi connectivity index (χ3v) is 22.1. The van der Waals surface area contributed by atoms with Crippen LogP contribution in [-0.2, 0) is 145 Å². The number of hydrogen-bond donors (Lipinski definition) is 0.